The number of hydrogen-bond acceptors (Lipinski definition) is 5. The Labute approximate surface area is 107 Å². The first kappa shape index (κ1) is 11.9. The molecule has 5 heteroatoms. The number of fused-ring (bicyclic) bond motifs is 1. The van der Waals surface area contributed by atoms with Gasteiger partial charge in [-0.2, -0.15) is 0 Å². The first-order valence-corrected chi connectivity index (χ1v) is 6.77. The van der Waals surface area contributed by atoms with E-state index >= 15 is 0 Å². The highest BCUT2D eigenvalue weighted by Crippen LogP contribution is 2.25. The molecule has 3 rings (SSSR count). The van der Waals surface area contributed by atoms with Crippen LogP contribution < -0.4 is 4.90 Å². The normalized spacial score (nSPS) is 24.9. The highest BCUT2D eigenvalue weighted by atomic mass is 16.3. The molecule has 0 amide bonds. The molecule has 0 saturated carbocycles. The van der Waals surface area contributed by atoms with E-state index < -0.39 is 0 Å². The fourth-order valence-electron chi connectivity index (χ4n) is 3.10. The Bertz CT molecular complexity index is 412. The lowest BCUT2D eigenvalue weighted by atomic mass is 9.99. The number of anilines is 1. The molecule has 1 unspecified atom stereocenters. The summed E-state index contributed by atoms with van der Waals surface area (Å²) in [6.07, 6.45) is 7.25. The number of aliphatic hydroxyl groups is 1. The molecule has 5 nitrogen and oxygen atoms in total. The number of hydrogen-bond donors (Lipinski definition) is 1. The third-order valence-electron chi connectivity index (χ3n) is 4.07. The van der Waals surface area contributed by atoms with Crippen molar-refractivity contribution in [1.29, 1.82) is 0 Å². The summed E-state index contributed by atoms with van der Waals surface area (Å²) in [4.78, 5) is 13.2. The van der Waals surface area contributed by atoms with Crippen LogP contribution in [0.5, 0.6) is 0 Å². The predicted molar refractivity (Wildman–Crippen MR) is 69.4 cm³/mol. The number of rotatable bonds is 2. The number of aromatic nitrogens is 2. The third-order valence-corrected chi connectivity index (χ3v) is 4.07. The van der Waals surface area contributed by atoms with Crippen molar-refractivity contribution in [1.82, 2.24) is 14.9 Å². The van der Waals surface area contributed by atoms with Crippen LogP contribution in [-0.2, 0) is 6.61 Å². The maximum absolute atomic E-state index is 9.36. The van der Waals surface area contributed by atoms with Crippen LogP contribution in [0, 0.1) is 0 Å². The average Bonchev–Trinajstić information content (AvgIpc) is 2.46. The van der Waals surface area contributed by atoms with Crippen LogP contribution in [-0.4, -0.2) is 52.2 Å². The fourth-order valence-corrected chi connectivity index (χ4v) is 3.10. The topological polar surface area (TPSA) is 52.5 Å². The molecule has 98 valence electrons. The Balaban J connectivity index is 1.77. The molecule has 3 heterocycles. The summed E-state index contributed by atoms with van der Waals surface area (Å²) in [5, 5.41) is 9.36. The molecule has 2 aliphatic rings. The number of piperidine rings is 1. The summed E-state index contributed by atoms with van der Waals surface area (Å²) in [7, 11) is 0. The molecule has 2 saturated heterocycles. The minimum Gasteiger partial charge on any atom is -0.391 e. The Morgan fingerprint density at radius 1 is 1.28 bits per heavy atom. The van der Waals surface area contributed by atoms with E-state index in [0.29, 0.717) is 6.04 Å². The molecule has 18 heavy (non-hydrogen) atoms. The van der Waals surface area contributed by atoms with Crippen LogP contribution >= 0.6 is 0 Å². The van der Waals surface area contributed by atoms with Gasteiger partial charge in [0.25, 0.3) is 0 Å². The van der Waals surface area contributed by atoms with Gasteiger partial charge in [-0.25, -0.2) is 9.97 Å². The molecule has 0 bridgehead atoms. The summed E-state index contributed by atoms with van der Waals surface area (Å²) in [5.74, 6) is 0.915. The van der Waals surface area contributed by atoms with Gasteiger partial charge in [-0.15, -0.1) is 0 Å². The van der Waals surface area contributed by atoms with Gasteiger partial charge in [0.15, 0.2) is 0 Å². The highest BCUT2D eigenvalue weighted by molar-refractivity contribution is 5.45. The minimum atomic E-state index is 0.0149. The minimum absolute atomic E-state index is 0.0149. The molecular weight excluding hydrogens is 228 g/mol. The van der Waals surface area contributed by atoms with Crippen molar-refractivity contribution in [2.24, 2.45) is 0 Å². The van der Waals surface area contributed by atoms with Crippen molar-refractivity contribution in [2.45, 2.75) is 31.9 Å². The van der Waals surface area contributed by atoms with Gasteiger partial charge in [0.05, 0.1) is 6.61 Å². The van der Waals surface area contributed by atoms with Crippen LogP contribution in [0.15, 0.2) is 12.5 Å². The SMILES string of the molecule is OCc1cncnc1N1CCN2CCCCC2C1. The van der Waals surface area contributed by atoms with Crippen molar-refractivity contribution in [3.05, 3.63) is 18.1 Å². The van der Waals surface area contributed by atoms with E-state index in [2.05, 4.69) is 19.8 Å². The van der Waals surface area contributed by atoms with Gasteiger partial charge in [0.1, 0.15) is 12.1 Å². The van der Waals surface area contributed by atoms with Crippen LogP contribution in [0.4, 0.5) is 5.82 Å². The van der Waals surface area contributed by atoms with Crippen LogP contribution in [0.2, 0.25) is 0 Å². The Hall–Kier alpha value is -1.20. The molecule has 0 spiro atoms. The molecule has 1 aromatic rings. The van der Waals surface area contributed by atoms with Gasteiger partial charge < -0.3 is 10.0 Å². The lowest BCUT2D eigenvalue weighted by Crippen LogP contribution is -2.55. The van der Waals surface area contributed by atoms with Crippen LogP contribution in [0.1, 0.15) is 24.8 Å². The van der Waals surface area contributed by atoms with Crippen molar-refractivity contribution in [3.63, 3.8) is 0 Å². The Morgan fingerprint density at radius 2 is 2.22 bits per heavy atom. The lowest BCUT2D eigenvalue weighted by Gasteiger charge is -2.44. The lowest BCUT2D eigenvalue weighted by molar-refractivity contribution is 0.133. The summed E-state index contributed by atoms with van der Waals surface area (Å²) >= 11 is 0. The molecule has 1 aromatic heterocycles. The number of nitrogens with zero attached hydrogens (tertiary/aromatic N) is 4. The van der Waals surface area contributed by atoms with Gasteiger partial charge in [-0.3, -0.25) is 4.90 Å². The first-order valence-electron chi connectivity index (χ1n) is 6.77. The number of aliphatic hydroxyl groups excluding tert-OH is 1. The van der Waals surface area contributed by atoms with Gasteiger partial charge in [-0.05, 0) is 19.4 Å². The van der Waals surface area contributed by atoms with Crippen molar-refractivity contribution in [3.8, 4) is 0 Å². The second kappa shape index (κ2) is 5.20. The largest absolute Gasteiger partial charge is 0.391 e. The zero-order valence-electron chi connectivity index (χ0n) is 10.6. The van der Waals surface area contributed by atoms with Gasteiger partial charge >= 0.3 is 0 Å². The molecule has 1 atom stereocenters. The zero-order chi connectivity index (χ0) is 12.4. The highest BCUT2D eigenvalue weighted by Gasteiger charge is 2.30. The van der Waals surface area contributed by atoms with E-state index in [1.807, 2.05) is 0 Å². The predicted octanol–water partition coefficient (Wildman–Crippen LogP) is 0.643. The van der Waals surface area contributed by atoms with Gasteiger partial charge in [0, 0.05) is 37.4 Å². The van der Waals surface area contributed by atoms with E-state index in [-0.39, 0.29) is 6.61 Å². The van der Waals surface area contributed by atoms with Gasteiger partial charge in [0.2, 0.25) is 0 Å². The monoisotopic (exact) mass is 248 g/mol. The van der Waals surface area contributed by atoms with Crippen molar-refractivity contribution in [2.75, 3.05) is 31.1 Å². The molecule has 2 aliphatic heterocycles. The molecule has 2 fully saturated rings. The second-order valence-corrected chi connectivity index (χ2v) is 5.16. The third kappa shape index (κ3) is 2.20. The molecular formula is C13H20N4O. The maximum atomic E-state index is 9.36. The van der Waals surface area contributed by atoms with Gasteiger partial charge in [-0.1, -0.05) is 6.42 Å². The summed E-state index contributed by atoms with van der Waals surface area (Å²) in [5.41, 5.74) is 0.835. The van der Waals surface area contributed by atoms with Crippen LogP contribution in [0.3, 0.4) is 0 Å². The summed E-state index contributed by atoms with van der Waals surface area (Å²) < 4.78 is 0. The average molecular weight is 248 g/mol. The Morgan fingerprint density at radius 3 is 3.11 bits per heavy atom. The zero-order valence-corrected chi connectivity index (χ0v) is 10.6. The molecule has 1 N–H and O–H groups in total. The van der Waals surface area contributed by atoms with E-state index in [1.165, 1.54) is 25.8 Å². The molecule has 0 aromatic carbocycles. The fraction of sp³-hybridized carbons (Fsp3) is 0.692. The van der Waals surface area contributed by atoms with Crippen molar-refractivity contribution >= 4 is 5.82 Å². The standard InChI is InChI=1S/C13H20N4O/c18-9-11-7-14-10-15-13(11)17-6-5-16-4-2-1-3-12(16)8-17/h7,10,12,18H,1-6,8-9H2. The van der Waals surface area contributed by atoms with E-state index in [4.69, 9.17) is 0 Å². The summed E-state index contributed by atoms with van der Waals surface area (Å²) in [6, 6.07) is 0.661. The number of piperazine rings is 1. The molecule has 0 radical (unpaired) electrons. The van der Waals surface area contributed by atoms with E-state index in [0.717, 1.165) is 31.0 Å². The molecule has 0 aliphatic carbocycles. The smallest absolute Gasteiger partial charge is 0.137 e. The summed E-state index contributed by atoms with van der Waals surface area (Å²) in [6.45, 7) is 4.40. The second-order valence-electron chi connectivity index (χ2n) is 5.16. The quantitative estimate of drug-likeness (QED) is 0.832. The first-order chi connectivity index (χ1) is 8.88. The Kier molecular flexibility index (Phi) is 3.43. The van der Waals surface area contributed by atoms with Crippen LogP contribution in [0.25, 0.3) is 0 Å². The van der Waals surface area contributed by atoms with E-state index in [9.17, 15) is 5.11 Å². The maximum Gasteiger partial charge on any atom is 0.137 e. The van der Waals surface area contributed by atoms with Crippen molar-refractivity contribution < 1.29 is 5.11 Å². The van der Waals surface area contributed by atoms with E-state index in [1.54, 1.807) is 12.5 Å².